The van der Waals surface area contributed by atoms with Crippen molar-refractivity contribution in [2.45, 2.75) is 6.18 Å². The first-order chi connectivity index (χ1) is 16.2. The lowest BCUT2D eigenvalue weighted by molar-refractivity contribution is -0.137. The first-order valence-electron chi connectivity index (χ1n) is 10.6. The lowest BCUT2D eigenvalue weighted by atomic mass is 9.98. The maximum Gasteiger partial charge on any atom is 0.416 e. The van der Waals surface area contributed by atoms with Gasteiger partial charge in [0.1, 0.15) is 0 Å². The van der Waals surface area contributed by atoms with Crippen LogP contribution in [0.15, 0.2) is 72.8 Å². The van der Waals surface area contributed by atoms with Gasteiger partial charge in [0, 0.05) is 43.1 Å². The number of carbonyl (C=O) groups is 2. The van der Waals surface area contributed by atoms with Crippen LogP contribution in [0.3, 0.4) is 0 Å². The van der Waals surface area contributed by atoms with E-state index in [-0.39, 0.29) is 5.91 Å². The number of halogens is 3. The number of anilines is 2. The molecule has 1 fully saturated rings. The van der Waals surface area contributed by atoms with Gasteiger partial charge >= 0.3 is 12.3 Å². The van der Waals surface area contributed by atoms with Crippen LogP contribution in [0, 0.1) is 0 Å². The number of amides is 2. The number of carboxylic acid groups (broad SMARTS) is 1. The van der Waals surface area contributed by atoms with Gasteiger partial charge in [-0.2, -0.15) is 13.2 Å². The molecule has 1 saturated heterocycles. The number of carbonyl (C=O) groups excluding carboxylic acids is 1. The van der Waals surface area contributed by atoms with Gasteiger partial charge in [-0.25, -0.2) is 4.79 Å². The molecule has 0 unspecified atom stereocenters. The smallest absolute Gasteiger partial charge is 0.416 e. The summed E-state index contributed by atoms with van der Waals surface area (Å²) in [6, 6.07) is 18.7. The fourth-order valence-electron chi connectivity index (χ4n) is 3.88. The summed E-state index contributed by atoms with van der Waals surface area (Å²) in [6.45, 7) is 2.01. The van der Waals surface area contributed by atoms with E-state index in [1.165, 1.54) is 17.0 Å². The standard InChI is InChI=1S/C25H22F3N3O3/c26-25(27,28)18-7-5-17(6-8-18)21-3-1-2-4-22(21)23(32)29-19-9-11-20(12-10-19)30-13-15-31(16-14-30)24(33)34/h1-12H,13-16H2,(H,29,32)(H,33,34). The fraction of sp³-hybridized carbons (Fsp3) is 0.200. The minimum Gasteiger partial charge on any atom is -0.465 e. The van der Waals surface area contributed by atoms with Crippen LogP contribution in [-0.4, -0.2) is 48.2 Å². The van der Waals surface area contributed by atoms with Crippen LogP contribution in [0.1, 0.15) is 15.9 Å². The molecule has 0 spiro atoms. The van der Waals surface area contributed by atoms with Crippen molar-refractivity contribution >= 4 is 23.4 Å². The van der Waals surface area contributed by atoms with Crippen LogP contribution in [-0.2, 0) is 6.18 Å². The molecular formula is C25H22F3N3O3. The Bertz CT molecular complexity index is 1170. The molecule has 2 N–H and O–H groups in total. The van der Waals surface area contributed by atoms with E-state index in [0.29, 0.717) is 48.6 Å². The molecule has 6 nitrogen and oxygen atoms in total. The number of nitrogens with zero attached hydrogens (tertiary/aromatic N) is 2. The molecule has 2 amide bonds. The zero-order valence-corrected chi connectivity index (χ0v) is 18.0. The minimum absolute atomic E-state index is 0.344. The Balaban J connectivity index is 1.46. The zero-order chi connectivity index (χ0) is 24.3. The number of alkyl halides is 3. The fourth-order valence-corrected chi connectivity index (χ4v) is 3.88. The van der Waals surface area contributed by atoms with Gasteiger partial charge in [-0.05, 0) is 53.6 Å². The van der Waals surface area contributed by atoms with Gasteiger partial charge in [0.15, 0.2) is 0 Å². The largest absolute Gasteiger partial charge is 0.465 e. The lowest BCUT2D eigenvalue weighted by Gasteiger charge is -2.34. The van der Waals surface area contributed by atoms with Gasteiger partial charge in [-0.15, -0.1) is 0 Å². The van der Waals surface area contributed by atoms with Crippen molar-refractivity contribution in [3.8, 4) is 11.1 Å². The van der Waals surface area contributed by atoms with Gasteiger partial charge in [0.2, 0.25) is 0 Å². The molecular weight excluding hydrogens is 447 g/mol. The molecule has 9 heteroatoms. The third-order valence-electron chi connectivity index (χ3n) is 5.74. The molecule has 1 aliphatic rings. The molecule has 0 saturated carbocycles. The quantitative estimate of drug-likeness (QED) is 0.535. The first kappa shape index (κ1) is 23.2. The molecule has 34 heavy (non-hydrogen) atoms. The predicted octanol–water partition coefficient (Wildman–Crippen LogP) is 5.42. The number of hydrogen-bond donors (Lipinski definition) is 2. The molecule has 4 rings (SSSR count). The number of benzene rings is 3. The van der Waals surface area contributed by atoms with Crippen molar-refractivity contribution in [3.63, 3.8) is 0 Å². The normalized spacial score (nSPS) is 14.1. The first-order valence-corrected chi connectivity index (χ1v) is 10.6. The second-order valence-corrected chi connectivity index (χ2v) is 7.88. The summed E-state index contributed by atoms with van der Waals surface area (Å²) in [5, 5.41) is 11.9. The maximum absolute atomic E-state index is 13.0. The molecule has 3 aromatic rings. The Labute approximate surface area is 194 Å². The highest BCUT2D eigenvalue weighted by molar-refractivity contribution is 6.08. The summed E-state index contributed by atoms with van der Waals surface area (Å²) in [5.74, 6) is -0.377. The van der Waals surface area contributed by atoms with Gasteiger partial charge in [0.05, 0.1) is 5.56 Å². The number of rotatable bonds is 4. The second-order valence-electron chi connectivity index (χ2n) is 7.88. The molecule has 0 aliphatic carbocycles. The molecule has 0 aromatic heterocycles. The van der Waals surface area contributed by atoms with Crippen LogP contribution in [0.25, 0.3) is 11.1 Å². The second kappa shape index (κ2) is 9.46. The highest BCUT2D eigenvalue weighted by Gasteiger charge is 2.30. The average molecular weight is 469 g/mol. The van der Waals surface area contributed by atoms with Crippen molar-refractivity contribution in [3.05, 3.63) is 83.9 Å². The average Bonchev–Trinajstić information content (AvgIpc) is 2.84. The summed E-state index contributed by atoms with van der Waals surface area (Å²) < 4.78 is 38.6. The monoisotopic (exact) mass is 469 g/mol. The van der Waals surface area contributed by atoms with Crippen molar-refractivity contribution in [1.29, 1.82) is 0 Å². The van der Waals surface area contributed by atoms with Crippen LogP contribution in [0.5, 0.6) is 0 Å². The predicted molar refractivity (Wildman–Crippen MR) is 123 cm³/mol. The van der Waals surface area contributed by atoms with Gasteiger partial charge < -0.3 is 20.2 Å². The van der Waals surface area contributed by atoms with E-state index in [1.807, 2.05) is 12.1 Å². The molecule has 1 aliphatic heterocycles. The Hall–Kier alpha value is -4.01. The van der Waals surface area contributed by atoms with Crippen LogP contribution >= 0.6 is 0 Å². The maximum atomic E-state index is 13.0. The van der Waals surface area contributed by atoms with Crippen LogP contribution in [0.2, 0.25) is 0 Å². The SMILES string of the molecule is O=C(Nc1ccc(N2CCN(C(=O)O)CC2)cc1)c1ccccc1-c1ccc(C(F)(F)F)cc1. The number of nitrogens with one attached hydrogen (secondary N) is 1. The molecule has 1 heterocycles. The zero-order valence-electron chi connectivity index (χ0n) is 18.0. The van der Waals surface area contributed by atoms with Crippen LogP contribution < -0.4 is 10.2 Å². The van der Waals surface area contributed by atoms with E-state index in [2.05, 4.69) is 10.2 Å². The van der Waals surface area contributed by atoms with Crippen molar-refractivity contribution in [1.82, 2.24) is 4.90 Å². The summed E-state index contributed by atoms with van der Waals surface area (Å²) in [4.78, 5) is 27.5. The summed E-state index contributed by atoms with van der Waals surface area (Å²) in [7, 11) is 0. The van der Waals surface area contributed by atoms with Gasteiger partial charge in [0.25, 0.3) is 5.91 Å². The molecule has 0 atom stereocenters. The van der Waals surface area contributed by atoms with E-state index >= 15 is 0 Å². The molecule has 0 bridgehead atoms. The van der Waals surface area contributed by atoms with Crippen molar-refractivity contribution < 1.29 is 27.9 Å². The van der Waals surface area contributed by atoms with Crippen molar-refractivity contribution in [2.24, 2.45) is 0 Å². The number of hydrogen-bond acceptors (Lipinski definition) is 3. The van der Waals surface area contributed by atoms with Crippen molar-refractivity contribution in [2.75, 3.05) is 36.4 Å². The van der Waals surface area contributed by atoms with Gasteiger partial charge in [-0.3, -0.25) is 4.79 Å². The van der Waals surface area contributed by atoms with E-state index in [0.717, 1.165) is 17.8 Å². The highest BCUT2D eigenvalue weighted by Crippen LogP contribution is 2.32. The summed E-state index contributed by atoms with van der Waals surface area (Å²) in [5.41, 5.74) is 2.13. The van der Waals surface area contributed by atoms with E-state index in [4.69, 9.17) is 5.11 Å². The summed E-state index contributed by atoms with van der Waals surface area (Å²) in [6.07, 6.45) is -5.35. The third-order valence-corrected chi connectivity index (χ3v) is 5.74. The number of piperazine rings is 1. The highest BCUT2D eigenvalue weighted by atomic mass is 19.4. The van der Waals surface area contributed by atoms with Gasteiger partial charge in [-0.1, -0.05) is 30.3 Å². The van der Waals surface area contributed by atoms with Crippen LogP contribution in [0.4, 0.5) is 29.3 Å². The molecule has 0 radical (unpaired) electrons. The van der Waals surface area contributed by atoms with E-state index < -0.39 is 17.8 Å². The molecule has 176 valence electrons. The minimum atomic E-state index is -4.43. The lowest BCUT2D eigenvalue weighted by Crippen LogP contribution is -2.48. The third kappa shape index (κ3) is 5.14. The summed E-state index contributed by atoms with van der Waals surface area (Å²) >= 11 is 0. The Kier molecular flexibility index (Phi) is 6.45. The van der Waals surface area contributed by atoms with E-state index in [1.54, 1.807) is 36.4 Å². The Morgan fingerprint density at radius 3 is 2.03 bits per heavy atom. The molecule has 3 aromatic carbocycles. The Morgan fingerprint density at radius 1 is 0.824 bits per heavy atom. The van der Waals surface area contributed by atoms with E-state index in [9.17, 15) is 22.8 Å². The Morgan fingerprint density at radius 2 is 1.44 bits per heavy atom. The topological polar surface area (TPSA) is 72.9 Å².